The molecule has 2 heteroatoms. The first kappa shape index (κ1) is 18.3. The summed E-state index contributed by atoms with van der Waals surface area (Å²) in [7, 11) is 0. The Hall–Kier alpha value is -0.0800. The molecule has 2 nitrogen and oxygen atoms in total. The number of hydrogen-bond acceptors (Lipinski definition) is 2. The van der Waals surface area contributed by atoms with Gasteiger partial charge in [0.1, 0.15) is 0 Å². The van der Waals surface area contributed by atoms with Gasteiger partial charge in [-0.25, -0.2) is 0 Å². The minimum Gasteiger partial charge on any atom is -0.376 e. The molecule has 1 aliphatic carbocycles. The van der Waals surface area contributed by atoms with Gasteiger partial charge in [0.05, 0.1) is 12.2 Å². The van der Waals surface area contributed by atoms with Crippen molar-refractivity contribution in [2.45, 2.75) is 91.3 Å². The van der Waals surface area contributed by atoms with Gasteiger partial charge in [-0.05, 0) is 103 Å². The lowest BCUT2D eigenvalue weighted by Gasteiger charge is -2.34. The second-order valence-corrected chi connectivity index (χ2v) is 8.39. The van der Waals surface area contributed by atoms with Crippen molar-refractivity contribution in [3.05, 3.63) is 0 Å². The molecule has 0 N–H and O–H groups in total. The lowest BCUT2D eigenvalue weighted by Crippen LogP contribution is -2.36. The van der Waals surface area contributed by atoms with E-state index in [0.29, 0.717) is 12.2 Å². The monoisotopic (exact) mass is 309 g/mol. The fourth-order valence-electron chi connectivity index (χ4n) is 4.39. The summed E-state index contributed by atoms with van der Waals surface area (Å²) in [6.45, 7) is 13.1. The quantitative estimate of drug-likeness (QED) is 0.647. The van der Waals surface area contributed by atoms with Crippen LogP contribution >= 0.6 is 0 Å². The van der Waals surface area contributed by atoms with Crippen LogP contribution in [0.2, 0.25) is 0 Å². The molecule has 0 aromatic heterocycles. The van der Waals surface area contributed by atoms with E-state index in [4.69, 9.17) is 4.74 Å². The Bertz CT molecular complexity index is 286. The molecular formula is C20H39NO. The Morgan fingerprint density at radius 3 is 2.09 bits per heavy atom. The maximum atomic E-state index is 5.96. The summed E-state index contributed by atoms with van der Waals surface area (Å²) in [5.74, 6) is 2.83. The third-order valence-corrected chi connectivity index (χ3v) is 5.92. The molecule has 0 bridgehead atoms. The number of hydrogen-bond donors (Lipinski definition) is 0. The fraction of sp³-hybridized carbons (Fsp3) is 1.00. The van der Waals surface area contributed by atoms with E-state index in [-0.39, 0.29) is 0 Å². The lowest BCUT2D eigenvalue weighted by molar-refractivity contribution is -0.0205. The Morgan fingerprint density at radius 2 is 1.55 bits per heavy atom. The molecule has 2 fully saturated rings. The van der Waals surface area contributed by atoms with Crippen molar-refractivity contribution in [1.82, 2.24) is 4.90 Å². The zero-order valence-corrected chi connectivity index (χ0v) is 15.5. The van der Waals surface area contributed by atoms with Gasteiger partial charge in [-0.3, -0.25) is 0 Å². The number of rotatable bonds is 7. The largest absolute Gasteiger partial charge is 0.376 e. The smallest absolute Gasteiger partial charge is 0.0578 e. The van der Waals surface area contributed by atoms with E-state index in [2.05, 4.69) is 32.6 Å². The summed E-state index contributed by atoms with van der Waals surface area (Å²) < 4.78 is 5.96. The molecular weight excluding hydrogens is 270 g/mol. The number of likely N-dealkylation sites (tertiary alicyclic amines) is 1. The van der Waals surface area contributed by atoms with E-state index in [1.807, 2.05) is 0 Å². The van der Waals surface area contributed by atoms with E-state index in [1.54, 1.807) is 0 Å². The lowest BCUT2D eigenvalue weighted by atomic mass is 9.84. The van der Waals surface area contributed by atoms with Crippen LogP contribution in [0, 0.1) is 17.8 Å². The summed E-state index contributed by atoms with van der Waals surface area (Å²) in [5, 5.41) is 0. The molecule has 0 aromatic carbocycles. The van der Waals surface area contributed by atoms with Crippen LogP contribution in [-0.2, 0) is 4.74 Å². The van der Waals surface area contributed by atoms with E-state index in [1.165, 1.54) is 71.0 Å². The molecule has 0 amide bonds. The van der Waals surface area contributed by atoms with Crippen LogP contribution in [0.1, 0.15) is 79.1 Å². The molecule has 0 unspecified atom stereocenters. The standard InChI is InChI=1S/C20H39NO/c1-16(2)19-11-14-21(15-12-19)13-5-6-18-7-9-20(10-8-18)22-17(3)4/h16-20H,5-15H2,1-4H3/t18-,20-. The van der Waals surface area contributed by atoms with Crippen LogP contribution in [0.3, 0.4) is 0 Å². The zero-order valence-electron chi connectivity index (χ0n) is 15.5. The highest BCUT2D eigenvalue weighted by Crippen LogP contribution is 2.30. The van der Waals surface area contributed by atoms with Crippen LogP contribution in [0.4, 0.5) is 0 Å². The third kappa shape index (κ3) is 6.20. The van der Waals surface area contributed by atoms with Crippen molar-refractivity contribution in [3.8, 4) is 0 Å². The first-order chi connectivity index (χ1) is 10.5. The molecule has 1 saturated heterocycles. The molecule has 0 atom stereocenters. The zero-order chi connectivity index (χ0) is 15.9. The Labute approximate surface area is 139 Å². The van der Waals surface area contributed by atoms with Gasteiger partial charge in [0, 0.05) is 0 Å². The van der Waals surface area contributed by atoms with Crippen molar-refractivity contribution in [2.75, 3.05) is 19.6 Å². The van der Waals surface area contributed by atoms with Gasteiger partial charge >= 0.3 is 0 Å². The van der Waals surface area contributed by atoms with E-state index >= 15 is 0 Å². The van der Waals surface area contributed by atoms with Gasteiger partial charge < -0.3 is 9.64 Å². The molecule has 1 aliphatic heterocycles. The summed E-state index contributed by atoms with van der Waals surface area (Å²) in [6.07, 6.45) is 12.0. The van der Waals surface area contributed by atoms with E-state index < -0.39 is 0 Å². The fourth-order valence-corrected chi connectivity index (χ4v) is 4.39. The summed E-state index contributed by atoms with van der Waals surface area (Å²) >= 11 is 0. The Kier molecular flexibility index (Phi) is 7.70. The van der Waals surface area contributed by atoms with Crippen molar-refractivity contribution < 1.29 is 4.74 Å². The van der Waals surface area contributed by atoms with E-state index in [9.17, 15) is 0 Å². The van der Waals surface area contributed by atoms with Crippen LogP contribution < -0.4 is 0 Å². The van der Waals surface area contributed by atoms with Gasteiger partial charge in [0.15, 0.2) is 0 Å². The second kappa shape index (κ2) is 9.27. The SMILES string of the molecule is CC(C)O[C@H]1CC[C@H](CCCN2CCC(C(C)C)CC2)CC1. The van der Waals surface area contributed by atoms with Gasteiger partial charge in [-0.1, -0.05) is 13.8 Å². The van der Waals surface area contributed by atoms with Crippen LogP contribution in [-0.4, -0.2) is 36.7 Å². The van der Waals surface area contributed by atoms with Crippen LogP contribution in [0.25, 0.3) is 0 Å². The Morgan fingerprint density at radius 1 is 0.909 bits per heavy atom. The topological polar surface area (TPSA) is 12.5 Å². The second-order valence-electron chi connectivity index (χ2n) is 8.39. The number of piperidine rings is 1. The number of ether oxygens (including phenoxy) is 1. The highest BCUT2D eigenvalue weighted by atomic mass is 16.5. The average Bonchev–Trinajstić information content (AvgIpc) is 2.49. The predicted octanol–water partition coefficient (Wildman–Crippen LogP) is 5.12. The van der Waals surface area contributed by atoms with Gasteiger partial charge in [0.2, 0.25) is 0 Å². The molecule has 2 aliphatic rings. The minimum atomic E-state index is 0.398. The summed E-state index contributed by atoms with van der Waals surface area (Å²) in [5.41, 5.74) is 0. The Balaban J connectivity index is 1.53. The maximum absolute atomic E-state index is 5.96. The average molecular weight is 310 g/mol. The van der Waals surface area contributed by atoms with Crippen molar-refractivity contribution in [1.29, 1.82) is 0 Å². The van der Waals surface area contributed by atoms with Crippen molar-refractivity contribution >= 4 is 0 Å². The van der Waals surface area contributed by atoms with Crippen LogP contribution in [0.5, 0.6) is 0 Å². The molecule has 1 saturated carbocycles. The third-order valence-electron chi connectivity index (χ3n) is 5.92. The highest BCUT2D eigenvalue weighted by Gasteiger charge is 2.23. The highest BCUT2D eigenvalue weighted by molar-refractivity contribution is 4.76. The van der Waals surface area contributed by atoms with Gasteiger partial charge in [0.25, 0.3) is 0 Å². The predicted molar refractivity (Wildman–Crippen MR) is 95.2 cm³/mol. The molecule has 0 aromatic rings. The molecule has 0 spiro atoms. The van der Waals surface area contributed by atoms with Gasteiger partial charge in [-0.15, -0.1) is 0 Å². The van der Waals surface area contributed by atoms with Crippen LogP contribution in [0.15, 0.2) is 0 Å². The molecule has 130 valence electrons. The minimum absolute atomic E-state index is 0.398. The molecule has 0 radical (unpaired) electrons. The van der Waals surface area contributed by atoms with Crippen molar-refractivity contribution in [3.63, 3.8) is 0 Å². The first-order valence-electron chi connectivity index (χ1n) is 9.92. The molecule has 2 rings (SSSR count). The first-order valence-corrected chi connectivity index (χ1v) is 9.92. The van der Waals surface area contributed by atoms with Gasteiger partial charge in [-0.2, -0.15) is 0 Å². The van der Waals surface area contributed by atoms with Crippen molar-refractivity contribution in [2.24, 2.45) is 17.8 Å². The normalized spacial score (nSPS) is 28.6. The molecule has 22 heavy (non-hydrogen) atoms. The van der Waals surface area contributed by atoms with E-state index in [0.717, 1.165) is 17.8 Å². The number of nitrogens with zero attached hydrogens (tertiary/aromatic N) is 1. The summed E-state index contributed by atoms with van der Waals surface area (Å²) in [4.78, 5) is 2.71. The maximum Gasteiger partial charge on any atom is 0.0578 e. The molecule has 1 heterocycles. The summed E-state index contributed by atoms with van der Waals surface area (Å²) in [6, 6.07) is 0.